The Morgan fingerprint density at radius 1 is 1.29 bits per heavy atom. The smallest absolute Gasteiger partial charge is 0.340 e. The standard InChI is InChI=1S/C13H16N4O3S/c1-4-5-10-16-9(17-20-10)6-21-12-11(13(18)19)7(2)14-8(3)15-12/h4-6H2,1-3H3,(H,18,19). The van der Waals surface area contributed by atoms with Crippen molar-refractivity contribution in [2.45, 2.75) is 44.4 Å². The monoisotopic (exact) mass is 308 g/mol. The molecule has 8 heteroatoms. The Balaban J connectivity index is 2.17. The summed E-state index contributed by atoms with van der Waals surface area (Å²) in [5.41, 5.74) is 0.583. The number of carbonyl (C=O) groups is 1. The quantitative estimate of drug-likeness (QED) is 0.641. The summed E-state index contributed by atoms with van der Waals surface area (Å²) in [4.78, 5) is 23.8. The molecule has 0 amide bonds. The zero-order valence-electron chi connectivity index (χ0n) is 12.1. The molecular weight excluding hydrogens is 292 g/mol. The fourth-order valence-corrected chi connectivity index (χ4v) is 2.79. The van der Waals surface area contributed by atoms with Crippen molar-refractivity contribution < 1.29 is 14.4 Å². The van der Waals surface area contributed by atoms with Crippen LogP contribution < -0.4 is 0 Å². The van der Waals surface area contributed by atoms with Gasteiger partial charge in [-0.25, -0.2) is 14.8 Å². The molecule has 21 heavy (non-hydrogen) atoms. The molecule has 0 radical (unpaired) electrons. The first-order chi connectivity index (χ1) is 10.0. The lowest BCUT2D eigenvalue weighted by Crippen LogP contribution is -2.08. The molecule has 2 heterocycles. The number of thioether (sulfide) groups is 1. The number of aryl methyl sites for hydroxylation is 3. The first-order valence-electron chi connectivity index (χ1n) is 6.54. The van der Waals surface area contributed by atoms with E-state index in [0.29, 0.717) is 34.0 Å². The van der Waals surface area contributed by atoms with Gasteiger partial charge in [0.2, 0.25) is 5.89 Å². The van der Waals surface area contributed by atoms with Crippen molar-refractivity contribution in [3.63, 3.8) is 0 Å². The number of aromatic carboxylic acids is 1. The summed E-state index contributed by atoms with van der Waals surface area (Å²) in [7, 11) is 0. The Morgan fingerprint density at radius 3 is 2.71 bits per heavy atom. The minimum absolute atomic E-state index is 0.128. The van der Waals surface area contributed by atoms with Gasteiger partial charge in [-0.15, -0.1) is 0 Å². The zero-order valence-corrected chi connectivity index (χ0v) is 12.9. The summed E-state index contributed by atoms with van der Waals surface area (Å²) in [6.45, 7) is 5.43. The van der Waals surface area contributed by atoms with E-state index >= 15 is 0 Å². The summed E-state index contributed by atoms with van der Waals surface area (Å²) < 4.78 is 5.10. The van der Waals surface area contributed by atoms with Crippen LogP contribution in [-0.4, -0.2) is 31.2 Å². The minimum atomic E-state index is -1.03. The Bertz CT molecular complexity index is 657. The van der Waals surface area contributed by atoms with Crippen molar-refractivity contribution in [2.75, 3.05) is 0 Å². The molecule has 2 rings (SSSR count). The SMILES string of the molecule is CCCc1nc(CSc2nc(C)nc(C)c2C(=O)O)no1. The molecule has 0 aliphatic carbocycles. The number of hydrogen-bond donors (Lipinski definition) is 1. The highest BCUT2D eigenvalue weighted by Gasteiger charge is 2.18. The molecule has 0 atom stereocenters. The largest absolute Gasteiger partial charge is 0.478 e. The second kappa shape index (κ2) is 6.66. The predicted molar refractivity (Wildman–Crippen MR) is 76.3 cm³/mol. The van der Waals surface area contributed by atoms with E-state index in [9.17, 15) is 9.90 Å². The van der Waals surface area contributed by atoms with Crippen molar-refractivity contribution in [3.8, 4) is 0 Å². The summed E-state index contributed by atoms with van der Waals surface area (Å²) in [5, 5.41) is 13.6. The molecule has 2 aromatic rings. The van der Waals surface area contributed by atoms with Crippen LogP contribution in [0, 0.1) is 13.8 Å². The van der Waals surface area contributed by atoms with E-state index in [-0.39, 0.29) is 5.56 Å². The van der Waals surface area contributed by atoms with Crippen LogP contribution in [0.4, 0.5) is 0 Å². The molecule has 7 nitrogen and oxygen atoms in total. The van der Waals surface area contributed by atoms with E-state index in [4.69, 9.17) is 4.52 Å². The van der Waals surface area contributed by atoms with Gasteiger partial charge in [0.05, 0.1) is 11.4 Å². The van der Waals surface area contributed by atoms with Gasteiger partial charge in [-0.3, -0.25) is 0 Å². The van der Waals surface area contributed by atoms with Crippen LogP contribution in [0.5, 0.6) is 0 Å². The molecule has 0 bridgehead atoms. The highest BCUT2D eigenvalue weighted by atomic mass is 32.2. The van der Waals surface area contributed by atoms with Crippen molar-refractivity contribution in [2.24, 2.45) is 0 Å². The minimum Gasteiger partial charge on any atom is -0.478 e. The second-order valence-electron chi connectivity index (χ2n) is 4.48. The normalized spacial score (nSPS) is 10.8. The van der Waals surface area contributed by atoms with Crippen LogP contribution in [0.15, 0.2) is 9.55 Å². The number of rotatable bonds is 6. The van der Waals surface area contributed by atoms with E-state index < -0.39 is 5.97 Å². The van der Waals surface area contributed by atoms with Gasteiger partial charge in [0.1, 0.15) is 16.4 Å². The third-order valence-corrected chi connectivity index (χ3v) is 3.67. The average Bonchev–Trinajstić information content (AvgIpc) is 2.83. The van der Waals surface area contributed by atoms with Crippen LogP contribution in [-0.2, 0) is 12.2 Å². The van der Waals surface area contributed by atoms with Crippen LogP contribution in [0.3, 0.4) is 0 Å². The van der Waals surface area contributed by atoms with Gasteiger partial charge < -0.3 is 9.63 Å². The molecule has 112 valence electrons. The fraction of sp³-hybridized carbons (Fsp3) is 0.462. The lowest BCUT2D eigenvalue weighted by Gasteiger charge is -2.07. The van der Waals surface area contributed by atoms with Crippen LogP contribution in [0.2, 0.25) is 0 Å². The number of aromatic nitrogens is 4. The van der Waals surface area contributed by atoms with E-state index in [1.54, 1.807) is 13.8 Å². The lowest BCUT2D eigenvalue weighted by molar-refractivity contribution is 0.0690. The molecule has 0 saturated carbocycles. The van der Waals surface area contributed by atoms with Crippen molar-refractivity contribution in [1.82, 2.24) is 20.1 Å². The molecule has 0 aliphatic rings. The third-order valence-electron chi connectivity index (χ3n) is 2.69. The van der Waals surface area contributed by atoms with Crippen LogP contribution in [0.25, 0.3) is 0 Å². The van der Waals surface area contributed by atoms with Gasteiger partial charge in [-0.2, -0.15) is 4.98 Å². The molecule has 0 aliphatic heterocycles. The van der Waals surface area contributed by atoms with Crippen molar-refractivity contribution in [1.29, 1.82) is 0 Å². The Hall–Kier alpha value is -1.96. The molecular formula is C13H16N4O3S. The first-order valence-corrected chi connectivity index (χ1v) is 7.52. The fourth-order valence-electron chi connectivity index (χ4n) is 1.83. The number of carboxylic acids is 1. The maximum atomic E-state index is 11.3. The molecule has 2 aromatic heterocycles. The lowest BCUT2D eigenvalue weighted by atomic mass is 10.2. The van der Waals surface area contributed by atoms with Gasteiger partial charge in [0.15, 0.2) is 5.82 Å². The van der Waals surface area contributed by atoms with Crippen molar-refractivity contribution >= 4 is 17.7 Å². The highest BCUT2D eigenvalue weighted by Crippen LogP contribution is 2.25. The van der Waals surface area contributed by atoms with E-state index in [2.05, 4.69) is 20.1 Å². The first kappa shape index (κ1) is 15.4. The van der Waals surface area contributed by atoms with Crippen LogP contribution in [0.1, 0.15) is 46.9 Å². The summed E-state index contributed by atoms with van der Waals surface area (Å²) in [6, 6.07) is 0. The molecule has 0 fully saturated rings. The number of carboxylic acid groups (broad SMARTS) is 1. The van der Waals surface area contributed by atoms with Crippen LogP contribution >= 0.6 is 11.8 Å². The molecule has 1 N–H and O–H groups in total. The van der Waals surface area contributed by atoms with Crippen molar-refractivity contribution in [3.05, 3.63) is 28.8 Å². The Kier molecular flexibility index (Phi) is 4.89. The van der Waals surface area contributed by atoms with Gasteiger partial charge in [0.25, 0.3) is 0 Å². The Morgan fingerprint density at radius 2 is 2.05 bits per heavy atom. The number of hydrogen-bond acceptors (Lipinski definition) is 7. The number of nitrogens with zero attached hydrogens (tertiary/aromatic N) is 4. The summed E-state index contributed by atoms with van der Waals surface area (Å²) >= 11 is 1.27. The van der Waals surface area contributed by atoms with E-state index in [1.165, 1.54) is 11.8 Å². The second-order valence-corrected chi connectivity index (χ2v) is 5.45. The molecule has 0 spiro atoms. The van der Waals surface area contributed by atoms with Gasteiger partial charge in [0, 0.05) is 6.42 Å². The topological polar surface area (TPSA) is 102 Å². The van der Waals surface area contributed by atoms with Gasteiger partial charge >= 0.3 is 5.97 Å². The highest BCUT2D eigenvalue weighted by molar-refractivity contribution is 7.98. The van der Waals surface area contributed by atoms with Gasteiger partial charge in [-0.05, 0) is 20.3 Å². The van der Waals surface area contributed by atoms with Gasteiger partial charge in [-0.1, -0.05) is 23.8 Å². The summed E-state index contributed by atoms with van der Waals surface area (Å²) in [5.74, 6) is 1.05. The molecule has 0 aromatic carbocycles. The molecule has 0 saturated heterocycles. The third kappa shape index (κ3) is 3.78. The average molecular weight is 308 g/mol. The summed E-state index contributed by atoms with van der Waals surface area (Å²) in [6.07, 6.45) is 1.67. The zero-order chi connectivity index (χ0) is 15.4. The van der Waals surface area contributed by atoms with E-state index in [0.717, 1.165) is 12.8 Å². The maximum Gasteiger partial charge on any atom is 0.340 e. The Labute approximate surface area is 126 Å². The maximum absolute atomic E-state index is 11.3. The predicted octanol–water partition coefficient (Wildman–Crippen LogP) is 2.42. The molecule has 0 unspecified atom stereocenters. The van der Waals surface area contributed by atoms with E-state index in [1.807, 2.05) is 6.92 Å².